The van der Waals surface area contributed by atoms with Gasteiger partial charge in [0.15, 0.2) is 9.84 Å². The normalized spacial score (nSPS) is 12.1. The van der Waals surface area contributed by atoms with Crippen LogP contribution in [-0.4, -0.2) is 14.7 Å². The number of hydrogen-bond acceptors (Lipinski definition) is 4. The van der Waals surface area contributed by atoms with E-state index in [9.17, 15) is 8.42 Å². The highest BCUT2D eigenvalue weighted by Gasteiger charge is 2.11. The van der Waals surface area contributed by atoms with Crippen molar-refractivity contribution in [1.29, 1.82) is 0 Å². The fourth-order valence-corrected chi connectivity index (χ4v) is 2.28. The largest absolute Gasteiger partial charge is 0.464 e. The predicted molar refractivity (Wildman–Crippen MR) is 59.2 cm³/mol. The smallest absolute Gasteiger partial charge is 0.151 e. The van der Waals surface area contributed by atoms with E-state index in [1.807, 2.05) is 0 Å². The fourth-order valence-electron chi connectivity index (χ4n) is 1.49. The van der Waals surface area contributed by atoms with Gasteiger partial charge >= 0.3 is 0 Å². The molecule has 0 fully saturated rings. The molecule has 1 aromatic carbocycles. The van der Waals surface area contributed by atoms with E-state index in [2.05, 4.69) is 0 Å². The highest BCUT2D eigenvalue weighted by molar-refractivity contribution is 7.89. The molecule has 2 aromatic rings. The summed E-state index contributed by atoms with van der Waals surface area (Å²) in [6.45, 7) is 0. The quantitative estimate of drug-likeness (QED) is 0.787. The zero-order valence-corrected chi connectivity index (χ0v) is 9.04. The lowest BCUT2D eigenvalue weighted by Gasteiger charge is -1.96. The van der Waals surface area contributed by atoms with Gasteiger partial charge in [0, 0.05) is 29.0 Å². The first-order valence-corrected chi connectivity index (χ1v) is 6.45. The maximum Gasteiger partial charge on any atom is 0.151 e. The van der Waals surface area contributed by atoms with Crippen molar-refractivity contribution in [3.05, 3.63) is 30.0 Å². The maximum atomic E-state index is 11.1. The molecule has 0 saturated carbocycles. The van der Waals surface area contributed by atoms with Crippen LogP contribution in [0.1, 0.15) is 5.56 Å². The van der Waals surface area contributed by atoms with Gasteiger partial charge in [-0.1, -0.05) is 0 Å². The number of anilines is 1. The molecule has 1 aromatic heterocycles. The van der Waals surface area contributed by atoms with Crippen LogP contribution < -0.4 is 5.73 Å². The molecule has 80 valence electrons. The first-order valence-electron chi connectivity index (χ1n) is 4.39. The van der Waals surface area contributed by atoms with Crippen molar-refractivity contribution in [2.24, 2.45) is 0 Å². The van der Waals surface area contributed by atoms with E-state index < -0.39 is 9.84 Å². The summed E-state index contributed by atoms with van der Waals surface area (Å²) in [5.74, 6) is -0.0100. The molecule has 1 heterocycles. The second-order valence-electron chi connectivity index (χ2n) is 3.59. The number of hydrogen-bond donors (Lipinski definition) is 1. The number of nitrogens with two attached hydrogens (primary N) is 1. The summed E-state index contributed by atoms with van der Waals surface area (Å²) in [7, 11) is -3.04. The van der Waals surface area contributed by atoms with Gasteiger partial charge in [-0.2, -0.15) is 0 Å². The van der Waals surface area contributed by atoms with Crippen LogP contribution in [0.5, 0.6) is 0 Å². The minimum Gasteiger partial charge on any atom is -0.464 e. The van der Waals surface area contributed by atoms with E-state index >= 15 is 0 Å². The molecule has 2 N–H and O–H groups in total. The third kappa shape index (κ3) is 2.12. The molecule has 0 spiro atoms. The van der Waals surface area contributed by atoms with Crippen molar-refractivity contribution >= 4 is 26.5 Å². The van der Waals surface area contributed by atoms with E-state index in [0.717, 1.165) is 5.39 Å². The number of sulfone groups is 1. The second-order valence-corrected chi connectivity index (χ2v) is 5.73. The standard InChI is InChI=1S/C10H11NO3S/c1-15(12,13)6-7-5-14-10-4-8(11)2-3-9(7)10/h2-5H,6,11H2,1H3. The Morgan fingerprint density at radius 1 is 1.40 bits per heavy atom. The van der Waals surface area contributed by atoms with E-state index in [0.29, 0.717) is 16.8 Å². The van der Waals surface area contributed by atoms with Gasteiger partial charge in [0.1, 0.15) is 5.58 Å². The van der Waals surface area contributed by atoms with Gasteiger partial charge in [-0.05, 0) is 12.1 Å². The average molecular weight is 225 g/mol. The maximum absolute atomic E-state index is 11.1. The van der Waals surface area contributed by atoms with Crippen LogP contribution in [0.4, 0.5) is 5.69 Å². The van der Waals surface area contributed by atoms with Crippen LogP contribution in [0.25, 0.3) is 11.0 Å². The summed E-state index contributed by atoms with van der Waals surface area (Å²) in [4.78, 5) is 0. The third-order valence-corrected chi connectivity index (χ3v) is 2.93. The van der Waals surface area contributed by atoms with Crippen molar-refractivity contribution in [1.82, 2.24) is 0 Å². The molecule has 2 rings (SSSR count). The van der Waals surface area contributed by atoms with E-state index in [-0.39, 0.29) is 5.75 Å². The first kappa shape index (κ1) is 10.0. The lowest BCUT2D eigenvalue weighted by atomic mass is 10.2. The molecule has 4 nitrogen and oxygen atoms in total. The van der Waals surface area contributed by atoms with Gasteiger partial charge in [-0.25, -0.2) is 8.42 Å². The lowest BCUT2D eigenvalue weighted by Crippen LogP contribution is -1.99. The molecule has 0 atom stereocenters. The number of fused-ring (bicyclic) bond motifs is 1. The Morgan fingerprint density at radius 3 is 2.80 bits per heavy atom. The lowest BCUT2D eigenvalue weighted by molar-refractivity contribution is 0.596. The van der Waals surface area contributed by atoms with Crippen molar-refractivity contribution in [2.75, 3.05) is 12.0 Å². The molecular formula is C10H11NO3S. The summed E-state index contributed by atoms with van der Waals surface area (Å²) in [5.41, 5.74) is 7.47. The minimum absolute atomic E-state index is 0.0100. The molecule has 0 aliphatic carbocycles. The molecule has 15 heavy (non-hydrogen) atoms. The van der Waals surface area contributed by atoms with Crippen LogP contribution in [0.15, 0.2) is 28.9 Å². The highest BCUT2D eigenvalue weighted by atomic mass is 32.2. The SMILES string of the molecule is CS(=O)(=O)Cc1coc2cc(N)ccc12. The number of benzene rings is 1. The average Bonchev–Trinajstić information content (AvgIpc) is 2.45. The van der Waals surface area contributed by atoms with E-state index in [1.54, 1.807) is 18.2 Å². The Hall–Kier alpha value is -1.49. The molecule has 0 unspecified atom stereocenters. The zero-order chi connectivity index (χ0) is 11.1. The van der Waals surface area contributed by atoms with Crippen LogP contribution >= 0.6 is 0 Å². The van der Waals surface area contributed by atoms with Crippen LogP contribution in [0.2, 0.25) is 0 Å². The number of nitrogen functional groups attached to an aromatic ring is 1. The molecule has 0 saturated heterocycles. The zero-order valence-electron chi connectivity index (χ0n) is 8.23. The first-order chi connectivity index (χ1) is 6.96. The Labute approximate surface area is 87.6 Å². The van der Waals surface area contributed by atoms with Gasteiger partial charge in [-0.3, -0.25) is 0 Å². The topological polar surface area (TPSA) is 73.3 Å². The molecule has 0 amide bonds. The predicted octanol–water partition coefficient (Wildman–Crippen LogP) is 1.56. The second kappa shape index (κ2) is 3.27. The molecular weight excluding hydrogens is 214 g/mol. The van der Waals surface area contributed by atoms with E-state index in [4.69, 9.17) is 10.2 Å². The van der Waals surface area contributed by atoms with E-state index in [1.165, 1.54) is 12.5 Å². The van der Waals surface area contributed by atoms with Gasteiger partial charge in [0.25, 0.3) is 0 Å². The molecule has 0 bridgehead atoms. The van der Waals surface area contributed by atoms with Crippen LogP contribution in [0.3, 0.4) is 0 Å². The molecule has 0 aliphatic rings. The number of rotatable bonds is 2. The Balaban J connectivity index is 2.55. The Bertz CT molecular complexity index is 598. The highest BCUT2D eigenvalue weighted by Crippen LogP contribution is 2.24. The van der Waals surface area contributed by atoms with Crippen molar-refractivity contribution < 1.29 is 12.8 Å². The van der Waals surface area contributed by atoms with Gasteiger partial charge < -0.3 is 10.2 Å². The van der Waals surface area contributed by atoms with Crippen LogP contribution in [0, 0.1) is 0 Å². The fraction of sp³-hybridized carbons (Fsp3) is 0.200. The third-order valence-electron chi connectivity index (χ3n) is 2.10. The summed E-state index contributed by atoms with van der Waals surface area (Å²) in [5, 5.41) is 0.801. The van der Waals surface area contributed by atoms with Crippen LogP contribution in [-0.2, 0) is 15.6 Å². The number of furan rings is 1. The summed E-state index contributed by atoms with van der Waals surface area (Å²) >= 11 is 0. The summed E-state index contributed by atoms with van der Waals surface area (Å²) in [6, 6.07) is 5.18. The van der Waals surface area contributed by atoms with Crippen molar-refractivity contribution in [3.8, 4) is 0 Å². The van der Waals surface area contributed by atoms with Gasteiger partial charge in [0.05, 0.1) is 12.0 Å². The minimum atomic E-state index is -3.04. The Morgan fingerprint density at radius 2 is 2.13 bits per heavy atom. The van der Waals surface area contributed by atoms with Crippen molar-refractivity contribution in [3.63, 3.8) is 0 Å². The van der Waals surface area contributed by atoms with Crippen molar-refractivity contribution in [2.45, 2.75) is 5.75 Å². The monoisotopic (exact) mass is 225 g/mol. The molecule has 0 radical (unpaired) electrons. The summed E-state index contributed by atoms with van der Waals surface area (Å²) in [6.07, 6.45) is 2.66. The molecule has 0 aliphatic heterocycles. The van der Waals surface area contributed by atoms with Gasteiger partial charge in [-0.15, -0.1) is 0 Å². The summed E-state index contributed by atoms with van der Waals surface area (Å²) < 4.78 is 27.5. The van der Waals surface area contributed by atoms with Gasteiger partial charge in [0.2, 0.25) is 0 Å². The Kier molecular flexibility index (Phi) is 2.19. The molecule has 5 heteroatoms.